The molecule has 0 aliphatic rings. The highest BCUT2D eigenvalue weighted by atomic mass is 32.2. The SMILES string of the molecule is CN(C)S(=O)(=O)c1ccc(SCC(O)CO)cc1. The lowest BCUT2D eigenvalue weighted by molar-refractivity contribution is 0.113. The molecule has 0 aliphatic carbocycles. The highest BCUT2D eigenvalue weighted by Gasteiger charge is 2.16. The predicted octanol–water partition coefficient (Wildman–Crippen LogP) is 0.382. The third-order valence-corrected chi connectivity index (χ3v) is 5.24. The van der Waals surface area contributed by atoms with E-state index >= 15 is 0 Å². The van der Waals surface area contributed by atoms with Crippen LogP contribution in [0.4, 0.5) is 0 Å². The van der Waals surface area contributed by atoms with Crippen molar-refractivity contribution in [2.45, 2.75) is 15.9 Å². The minimum atomic E-state index is -3.39. The highest BCUT2D eigenvalue weighted by Crippen LogP contribution is 2.21. The molecule has 1 rings (SSSR count). The summed E-state index contributed by atoms with van der Waals surface area (Å²) < 4.78 is 24.8. The van der Waals surface area contributed by atoms with Crippen LogP contribution in [-0.2, 0) is 10.0 Å². The molecule has 5 nitrogen and oxygen atoms in total. The lowest BCUT2D eigenvalue weighted by atomic mass is 10.4. The Morgan fingerprint density at radius 3 is 2.28 bits per heavy atom. The number of aliphatic hydroxyl groups excluding tert-OH is 2. The summed E-state index contributed by atoms with van der Waals surface area (Å²) in [7, 11) is -0.431. The van der Waals surface area contributed by atoms with E-state index in [-0.39, 0.29) is 11.5 Å². The van der Waals surface area contributed by atoms with Gasteiger partial charge < -0.3 is 10.2 Å². The molecule has 18 heavy (non-hydrogen) atoms. The first-order chi connectivity index (χ1) is 8.37. The molecule has 1 aromatic carbocycles. The molecule has 0 saturated heterocycles. The Bertz CT molecular complexity index is 470. The molecule has 0 saturated carbocycles. The zero-order valence-corrected chi connectivity index (χ0v) is 11.9. The van der Waals surface area contributed by atoms with E-state index in [0.717, 1.165) is 9.20 Å². The van der Waals surface area contributed by atoms with Gasteiger partial charge in [0.15, 0.2) is 0 Å². The van der Waals surface area contributed by atoms with Crippen molar-refractivity contribution in [2.24, 2.45) is 0 Å². The summed E-state index contributed by atoms with van der Waals surface area (Å²) in [5, 5.41) is 17.9. The fourth-order valence-electron chi connectivity index (χ4n) is 1.16. The molecule has 1 aromatic rings. The largest absolute Gasteiger partial charge is 0.394 e. The van der Waals surface area contributed by atoms with E-state index < -0.39 is 16.1 Å². The van der Waals surface area contributed by atoms with Gasteiger partial charge in [-0.2, -0.15) is 0 Å². The topological polar surface area (TPSA) is 77.8 Å². The maximum atomic E-state index is 11.8. The van der Waals surface area contributed by atoms with E-state index in [1.807, 2.05) is 0 Å². The van der Waals surface area contributed by atoms with Gasteiger partial charge >= 0.3 is 0 Å². The lowest BCUT2D eigenvalue weighted by Gasteiger charge is -2.12. The molecule has 0 spiro atoms. The van der Waals surface area contributed by atoms with E-state index in [4.69, 9.17) is 5.11 Å². The van der Waals surface area contributed by atoms with Gasteiger partial charge in [-0.3, -0.25) is 0 Å². The number of thioether (sulfide) groups is 1. The summed E-state index contributed by atoms with van der Waals surface area (Å²) in [5.74, 6) is 0.371. The lowest BCUT2D eigenvalue weighted by Crippen LogP contribution is -2.22. The zero-order chi connectivity index (χ0) is 13.8. The van der Waals surface area contributed by atoms with Gasteiger partial charge in [-0.05, 0) is 24.3 Å². The van der Waals surface area contributed by atoms with Gasteiger partial charge in [0.1, 0.15) is 0 Å². The maximum Gasteiger partial charge on any atom is 0.242 e. The number of rotatable bonds is 6. The van der Waals surface area contributed by atoms with Gasteiger partial charge in [0.05, 0.1) is 17.6 Å². The van der Waals surface area contributed by atoms with Gasteiger partial charge in [-0.15, -0.1) is 11.8 Å². The summed E-state index contributed by atoms with van der Waals surface area (Å²) in [4.78, 5) is 1.08. The zero-order valence-electron chi connectivity index (χ0n) is 10.3. The van der Waals surface area contributed by atoms with Crippen LogP contribution in [0.1, 0.15) is 0 Å². The molecule has 7 heteroatoms. The van der Waals surface area contributed by atoms with Gasteiger partial charge in [0.25, 0.3) is 0 Å². The van der Waals surface area contributed by atoms with Crippen molar-refractivity contribution in [3.8, 4) is 0 Å². The molecule has 0 fully saturated rings. The molecule has 1 unspecified atom stereocenters. The third-order valence-electron chi connectivity index (χ3n) is 2.26. The Hall–Kier alpha value is -0.600. The number of aliphatic hydroxyl groups is 2. The van der Waals surface area contributed by atoms with E-state index in [1.54, 1.807) is 12.1 Å². The molecule has 1 atom stereocenters. The summed E-state index contributed by atoms with van der Waals surface area (Å²) >= 11 is 1.36. The molecule has 0 bridgehead atoms. The van der Waals surface area contributed by atoms with Crippen LogP contribution >= 0.6 is 11.8 Å². The summed E-state index contributed by atoms with van der Waals surface area (Å²) in [6, 6.07) is 6.43. The molecular formula is C11H17NO4S2. The second-order valence-electron chi connectivity index (χ2n) is 3.91. The average Bonchev–Trinajstić information content (AvgIpc) is 2.36. The van der Waals surface area contributed by atoms with Crippen LogP contribution in [0.15, 0.2) is 34.1 Å². The van der Waals surface area contributed by atoms with E-state index in [1.165, 1.54) is 38.0 Å². The highest BCUT2D eigenvalue weighted by molar-refractivity contribution is 7.99. The van der Waals surface area contributed by atoms with Crippen LogP contribution in [0.3, 0.4) is 0 Å². The Kier molecular flexibility index (Phi) is 5.61. The van der Waals surface area contributed by atoms with Gasteiger partial charge in [-0.1, -0.05) is 0 Å². The number of nitrogens with zero attached hydrogens (tertiary/aromatic N) is 1. The van der Waals surface area contributed by atoms with Crippen molar-refractivity contribution in [2.75, 3.05) is 26.5 Å². The normalized spacial score (nSPS) is 13.8. The quantitative estimate of drug-likeness (QED) is 0.741. The Morgan fingerprint density at radius 2 is 1.83 bits per heavy atom. The molecule has 2 N–H and O–H groups in total. The van der Waals surface area contributed by atoms with Crippen molar-refractivity contribution in [3.63, 3.8) is 0 Å². The van der Waals surface area contributed by atoms with Crippen LogP contribution in [0.5, 0.6) is 0 Å². The van der Waals surface area contributed by atoms with Crippen molar-refractivity contribution < 1.29 is 18.6 Å². The standard InChI is InChI=1S/C11H17NO4S2/c1-12(2)18(15,16)11-5-3-10(4-6-11)17-8-9(14)7-13/h3-6,9,13-14H,7-8H2,1-2H3. The first-order valence-corrected chi connectivity index (χ1v) is 7.75. The smallest absolute Gasteiger partial charge is 0.242 e. The van der Waals surface area contributed by atoms with Crippen molar-refractivity contribution in [3.05, 3.63) is 24.3 Å². The summed E-state index contributed by atoms with van der Waals surface area (Å²) in [5.41, 5.74) is 0. The van der Waals surface area contributed by atoms with Gasteiger partial charge in [0.2, 0.25) is 10.0 Å². The maximum absolute atomic E-state index is 11.8. The summed E-state index contributed by atoms with van der Waals surface area (Å²) in [6.07, 6.45) is -0.764. The average molecular weight is 291 g/mol. The number of hydrogen-bond donors (Lipinski definition) is 2. The first-order valence-electron chi connectivity index (χ1n) is 5.32. The monoisotopic (exact) mass is 291 g/mol. The second-order valence-corrected chi connectivity index (χ2v) is 7.15. The van der Waals surface area contributed by atoms with Crippen LogP contribution in [0.25, 0.3) is 0 Å². The van der Waals surface area contributed by atoms with Crippen LogP contribution in [-0.4, -0.2) is 55.5 Å². The third kappa shape index (κ3) is 3.96. The Labute approximate surface area is 111 Å². The minimum Gasteiger partial charge on any atom is -0.394 e. The van der Waals surface area contributed by atoms with Crippen molar-refractivity contribution in [1.82, 2.24) is 4.31 Å². The Balaban J connectivity index is 2.75. The van der Waals surface area contributed by atoms with E-state index in [9.17, 15) is 13.5 Å². The van der Waals surface area contributed by atoms with Crippen LogP contribution in [0, 0.1) is 0 Å². The fourth-order valence-corrected chi connectivity index (χ4v) is 2.88. The van der Waals surface area contributed by atoms with Gasteiger partial charge in [0, 0.05) is 24.7 Å². The predicted molar refractivity (Wildman–Crippen MR) is 71.1 cm³/mol. The number of sulfonamides is 1. The first kappa shape index (κ1) is 15.5. The number of benzene rings is 1. The molecule has 0 amide bonds. The van der Waals surface area contributed by atoms with Crippen LogP contribution in [0.2, 0.25) is 0 Å². The molecule has 102 valence electrons. The van der Waals surface area contributed by atoms with Crippen molar-refractivity contribution in [1.29, 1.82) is 0 Å². The molecule has 0 heterocycles. The molecular weight excluding hydrogens is 274 g/mol. The second kappa shape index (κ2) is 6.53. The number of hydrogen-bond acceptors (Lipinski definition) is 5. The molecule has 0 aromatic heterocycles. The molecule has 0 radical (unpaired) electrons. The van der Waals surface area contributed by atoms with Crippen LogP contribution < -0.4 is 0 Å². The van der Waals surface area contributed by atoms with Crippen molar-refractivity contribution >= 4 is 21.8 Å². The van der Waals surface area contributed by atoms with Gasteiger partial charge in [-0.25, -0.2) is 12.7 Å². The fraction of sp³-hybridized carbons (Fsp3) is 0.455. The summed E-state index contributed by atoms with van der Waals surface area (Å²) in [6.45, 7) is -0.278. The molecule has 0 aliphatic heterocycles. The van der Waals surface area contributed by atoms with E-state index in [2.05, 4.69) is 0 Å². The Morgan fingerprint density at radius 1 is 1.28 bits per heavy atom. The van der Waals surface area contributed by atoms with E-state index in [0.29, 0.717) is 5.75 Å². The minimum absolute atomic E-state index is 0.236.